The number of hydrogen-bond donors (Lipinski definition) is 1. The Morgan fingerprint density at radius 3 is 2.61 bits per heavy atom. The van der Waals surface area contributed by atoms with Crippen LogP contribution in [0, 0.1) is 5.92 Å². The van der Waals surface area contributed by atoms with Crippen LogP contribution in [0.2, 0.25) is 0 Å². The van der Waals surface area contributed by atoms with Crippen molar-refractivity contribution in [2.75, 3.05) is 26.7 Å². The number of imidazole rings is 1. The summed E-state index contributed by atoms with van der Waals surface area (Å²) in [7, 11) is -2.63. The van der Waals surface area contributed by atoms with E-state index >= 15 is 0 Å². The van der Waals surface area contributed by atoms with Gasteiger partial charge in [-0.2, -0.15) is 4.31 Å². The first-order chi connectivity index (χ1) is 14.9. The highest BCUT2D eigenvalue weighted by molar-refractivity contribution is 7.89. The van der Waals surface area contributed by atoms with Crippen LogP contribution in [0.15, 0.2) is 47.9 Å². The summed E-state index contributed by atoms with van der Waals surface area (Å²) in [4.78, 5) is 28.3. The molecular formula is C21H28N4O5S. The Bertz CT molecular complexity index is 983. The predicted octanol–water partition coefficient (Wildman–Crippen LogP) is 1.67. The third-order valence-electron chi connectivity index (χ3n) is 5.44. The number of unbranched alkanes of at least 4 members (excludes halogenated alkanes) is 1. The van der Waals surface area contributed by atoms with E-state index in [1.165, 1.54) is 23.5 Å². The van der Waals surface area contributed by atoms with Gasteiger partial charge in [-0.3, -0.25) is 4.79 Å². The van der Waals surface area contributed by atoms with Gasteiger partial charge in [-0.15, -0.1) is 0 Å². The van der Waals surface area contributed by atoms with Crippen molar-refractivity contribution in [3.8, 4) is 0 Å². The molecule has 0 radical (unpaired) electrons. The number of rotatable bonds is 9. The Morgan fingerprint density at radius 1 is 1.19 bits per heavy atom. The number of aryl methyl sites for hydroxylation is 1. The molecule has 9 nitrogen and oxygen atoms in total. The second kappa shape index (κ2) is 10.5. The van der Waals surface area contributed by atoms with Crippen molar-refractivity contribution >= 4 is 21.9 Å². The number of nitrogens with one attached hydrogen (secondary N) is 1. The SMILES string of the molecule is COC(=O)c1ccccc1S(=O)(=O)N1CCC(C(=O)NCCCCn2ccnc2)CC1. The fourth-order valence-corrected chi connectivity index (χ4v) is 5.31. The highest BCUT2D eigenvalue weighted by Crippen LogP contribution is 2.26. The van der Waals surface area contributed by atoms with E-state index in [4.69, 9.17) is 4.74 Å². The average Bonchev–Trinajstić information content (AvgIpc) is 3.32. The molecule has 1 aromatic carbocycles. The molecule has 10 heteroatoms. The Kier molecular flexibility index (Phi) is 7.80. The smallest absolute Gasteiger partial charge is 0.339 e. The molecule has 3 rings (SSSR count). The number of ether oxygens (including phenoxy) is 1. The molecule has 0 atom stereocenters. The quantitative estimate of drug-likeness (QED) is 0.461. The Labute approximate surface area is 182 Å². The third-order valence-corrected chi connectivity index (χ3v) is 7.39. The van der Waals surface area contributed by atoms with E-state index in [1.54, 1.807) is 24.7 Å². The lowest BCUT2D eigenvalue weighted by Gasteiger charge is -2.31. The van der Waals surface area contributed by atoms with Gasteiger partial charge >= 0.3 is 5.97 Å². The number of carbonyl (C=O) groups is 2. The number of methoxy groups -OCH3 is 1. The van der Waals surface area contributed by atoms with Gasteiger partial charge < -0.3 is 14.6 Å². The minimum atomic E-state index is -3.85. The Hall–Kier alpha value is -2.72. The number of hydrogen-bond acceptors (Lipinski definition) is 6. The lowest BCUT2D eigenvalue weighted by atomic mass is 9.97. The van der Waals surface area contributed by atoms with Gasteiger partial charge in [-0.1, -0.05) is 12.1 Å². The number of amides is 1. The molecule has 2 aromatic rings. The molecule has 1 N–H and O–H groups in total. The summed E-state index contributed by atoms with van der Waals surface area (Å²) >= 11 is 0. The summed E-state index contributed by atoms with van der Waals surface area (Å²) in [6.45, 7) is 1.92. The number of carbonyl (C=O) groups excluding carboxylic acids is 2. The zero-order chi connectivity index (χ0) is 22.3. The lowest BCUT2D eigenvalue weighted by Crippen LogP contribution is -2.43. The highest BCUT2D eigenvalue weighted by atomic mass is 32.2. The van der Waals surface area contributed by atoms with Crippen LogP contribution < -0.4 is 5.32 Å². The van der Waals surface area contributed by atoms with E-state index in [1.807, 2.05) is 10.8 Å². The van der Waals surface area contributed by atoms with Crippen molar-refractivity contribution in [1.82, 2.24) is 19.2 Å². The lowest BCUT2D eigenvalue weighted by molar-refractivity contribution is -0.126. The Morgan fingerprint density at radius 2 is 1.94 bits per heavy atom. The maximum Gasteiger partial charge on any atom is 0.339 e. The van der Waals surface area contributed by atoms with Gasteiger partial charge in [0, 0.05) is 44.5 Å². The minimum absolute atomic E-state index is 0.0144. The highest BCUT2D eigenvalue weighted by Gasteiger charge is 2.34. The van der Waals surface area contributed by atoms with Crippen LogP contribution in [0.25, 0.3) is 0 Å². The van der Waals surface area contributed by atoms with Gasteiger partial charge in [0.2, 0.25) is 15.9 Å². The van der Waals surface area contributed by atoms with Crippen molar-refractivity contribution in [2.45, 2.75) is 37.1 Å². The second-order valence-electron chi connectivity index (χ2n) is 7.46. The largest absolute Gasteiger partial charge is 0.465 e. The van der Waals surface area contributed by atoms with Gasteiger partial charge in [0.1, 0.15) is 0 Å². The molecule has 0 aliphatic carbocycles. The van der Waals surface area contributed by atoms with Crippen molar-refractivity contribution in [1.29, 1.82) is 0 Å². The van der Waals surface area contributed by atoms with E-state index in [-0.39, 0.29) is 35.4 Å². The summed E-state index contributed by atoms with van der Waals surface area (Å²) in [5, 5.41) is 2.96. The first-order valence-electron chi connectivity index (χ1n) is 10.3. The van der Waals surface area contributed by atoms with Crippen LogP contribution in [-0.4, -0.2) is 60.9 Å². The van der Waals surface area contributed by atoms with E-state index < -0.39 is 16.0 Å². The van der Waals surface area contributed by atoms with E-state index in [2.05, 4.69) is 10.3 Å². The molecule has 1 saturated heterocycles. The molecule has 1 aromatic heterocycles. The zero-order valence-corrected chi connectivity index (χ0v) is 18.4. The molecule has 1 fully saturated rings. The van der Waals surface area contributed by atoms with Crippen molar-refractivity contribution in [3.05, 3.63) is 48.5 Å². The maximum absolute atomic E-state index is 13.1. The van der Waals surface area contributed by atoms with E-state index in [9.17, 15) is 18.0 Å². The monoisotopic (exact) mass is 448 g/mol. The maximum atomic E-state index is 13.1. The van der Waals surface area contributed by atoms with Crippen LogP contribution >= 0.6 is 0 Å². The number of benzene rings is 1. The minimum Gasteiger partial charge on any atom is -0.465 e. The van der Waals surface area contributed by atoms with Crippen LogP contribution in [0.5, 0.6) is 0 Å². The van der Waals surface area contributed by atoms with Crippen LogP contribution in [0.3, 0.4) is 0 Å². The second-order valence-corrected chi connectivity index (χ2v) is 9.37. The zero-order valence-electron chi connectivity index (χ0n) is 17.6. The van der Waals surface area contributed by atoms with Crippen LogP contribution in [0.1, 0.15) is 36.0 Å². The van der Waals surface area contributed by atoms with Gasteiger partial charge in [-0.05, 0) is 37.8 Å². The molecule has 1 amide bonds. The molecule has 1 aliphatic heterocycles. The number of sulfonamides is 1. The molecular weight excluding hydrogens is 420 g/mol. The molecule has 0 saturated carbocycles. The van der Waals surface area contributed by atoms with Gasteiger partial charge in [-0.25, -0.2) is 18.2 Å². The summed E-state index contributed by atoms with van der Waals surface area (Å²) in [6.07, 6.45) is 8.10. The number of nitrogens with zero attached hydrogens (tertiary/aromatic N) is 3. The molecule has 0 bridgehead atoms. The fraction of sp³-hybridized carbons (Fsp3) is 0.476. The van der Waals surface area contributed by atoms with E-state index in [0.717, 1.165) is 19.4 Å². The molecule has 1 aliphatic rings. The first kappa shape index (κ1) is 23.0. The molecule has 2 heterocycles. The van der Waals surface area contributed by atoms with Crippen molar-refractivity contribution in [2.24, 2.45) is 5.92 Å². The van der Waals surface area contributed by atoms with Gasteiger partial charge in [0.05, 0.1) is 23.9 Å². The van der Waals surface area contributed by atoms with Gasteiger partial charge in [0.25, 0.3) is 0 Å². The standard InChI is InChI=1S/C21H28N4O5S/c1-30-21(27)18-6-2-3-7-19(18)31(28,29)25-13-8-17(9-14-25)20(26)23-10-4-5-12-24-15-11-22-16-24/h2-3,6-7,11,15-17H,4-5,8-10,12-14H2,1H3,(H,23,26). The molecule has 168 valence electrons. The van der Waals surface area contributed by atoms with Crippen LogP contribution in [0.4, 0.5) is 0 Å². The fourth-order valence-electron chi connectivity index (χ4n) is 3.66. The van der Waals surface area contributed by atoms with E-state index in [0.29, 0.717) is 19.4 Å². The summed E-state index contributed by atoms with van der Waals surface area (Å²) in [5.41, 5.74) is 0.0144. The van der Waals surface area contributed by atoms with Crippen molar-refractivity contribution in [3.63, 3.8) is 0 Å². The number of esters is 1. The topological polar surface area (TPSA) is 111 Å². The first-order valence-corrected chi connectivity index (χ1v) is 11.8. The molecule has 0 spiro atoms. The average molecular weight is 449 g/mol. The summed E-state index contributed by atoms with van der Waals surface area (Å²) in [6, 6.07) is 6.01. The predicted molar refractivity (Wildman–Crippen MR) is 114 cm³/mol. The molecule has 0 unspecified atom stereocenters. The Balaban J connectivity index is 1.48. The summed E-state index contributed by atoms with van der Waals surface area (Å²) in [5.74, 6) is -0.938. The van der Waals surface area contributed by atoms with Crippen LogP contribution in [-0.2, 0) is 26.1 Å². The number of piperidine rings is 1. The van der Waals surface area contributed by atoms with Gasteiger partial charge in [0.15, 0.2) is 0 Å². The van der Waals surface area contributed by atoms with Crippen molar-refractivity contribution < 1.29 is 22.7 Å². The molecule has 31 heavy (non-hydrogen) atoms. The number of aromatic nitrogens is 2. The summed E-state index contributed by atoms with van der Waals surface area (Å²) < 4.78 is 34.2. The third kappa shape index (κ3) is 5.71. The normalized spacial score (nSPS) is 15.5.